The number of hydrogen-bond donors (Lipinski definition) is 15. The summed E-state index contributed by atoms with van der Waals surface area (Å²) >= 11 is 0. The van der Waals surface area contributed by atoms with Crippen molar-refractivity contribution in [2.24, 2.45) is 56.2 Å². The van der Waals surface area contributed by atoms with Crippen LogP contribution in [0.25, 0.3) is 10.8 Å². The summed E-state index contributed by atoms with van der Waals surface area (Å²) in [6.07, 6.45) is 0.466. The van der Waals surface area contributed by atoms with E-state index in [1.54, 1.807) is 42.5 Å². The van der Waals surface area contributed by atoms with Crippen molar-refractivity contribution in [2.45, 2.75) is 140 Å². The number of aromatic hydroxyl groups is 1. The zero-order valence-corrected chi connectivity index (χ0v) is 52.0. The van der Waals surface area contributed by atoms with Gasteiger partial charge in [-0.1, -0.05) is 98.8 Å². The Morgan fingerprint density at radius 2 is 0.978 bits per heavy atom. The van der Waals surface area contributed by atoms with Gasteiger partial charge in [0, 0.05) is 45.3 Å². The van der Waals surface area contributed by atoms with Crippen LogP contribution in [0.4, 0.5) is 0 Å². The van der Waals surface area contributed by atoms with Gasteiger partial charge < -0.3 is 86.9 Å². The third-order valence-corrected chi connectivity index (χ3v) is 15.4. The van der Waals surface area contributed by atoms with Gasteiger partial charge in [0.25, 0.3) is 0 Å². The second kappa shape index (κ2) is 36.0. The van der Waals surface area contributed by atoms with Gasteiger partial charge in [-0.2, -0.15) is 0 Å². The van der Waals surface area contributed by atoms with Crippen LogP contribution < -0.4 is 76.9 Å². The summed E-state index contributed by atoms with van der Waals surface area (Å²) in [5.41, 5.74) is 34.7. The monoisotopic (exact) mass is 1260 g/mol. The molecule has 21 N–H and O–H groups in total. The van der Waals surface area contributed by atoms with Gasteiger partial charge in [-0.05, 0) is 110 Å². The number of primary amides is 2. The molecule has 1 aliphatic rings. The highest BCUT2D eigenvalue weighted by atomic mass is 16.3. The summed E-state index contributed by atoms with van der Waals surface area (Å²) in [5.74, 6) is -8.96. The van der Waals surface area contributed by atoms with Crippen LogP contribution in [0.5, 0.6) is 5.75 Å². The lowest BCUT2D eigenvalue weighted by Crippen LogP contribution is -2.61. The van der Waals surface area contributed by atoms with Crippen LogP contribution in [0.1, 0.15) is 88.8 Å². The van der Waals surface area contributed by atoms with Crippen LogP contribution in [0.3, 0.4) is 0 Å². The number of nitrogens with zero attached hydrogens (tertiary/aromatic N) is 3. The topological polar surface area (TPSA) is 471 Å². The van der Waals surface area contributed by atoms with Gasteiger partial charge in [-0.3, -0.25) is 57.9 Å². The number of hydrogen-bond acceptors (Lipinski definition) is 14. The van der Waals surface area contributed by atoms with Crippen molar-refractivity contribution in [1.82, 2.24) is 47.4 Å². The van der Waals surface area contributed by atoms with Crippen molar-refractivity contribution in [3.8, 4) is 5.75 Å². The first-order valence-electron chi connectivity index (χ1n) is 30.4. The minimum atomic E-state index is -1.52. The molecular weight excluding hydrogens is 1170 g/mol. The summed E-state index contributed by atoms with van der Waals surface area (Å²) in [4.78, 5) is 148. The van der Waals surface area contributed by atoms with E-state index in [0.29, 0.717) is 42.6 Å². The van der Waals surface area contributed by atoms with Crippen LogP contribution >= 0.6 is 0 Å². The van der Waals surface area contributed by atoms with E-state index in [4.69, 9.17) is 34.4 Å². The molecule has 0 aromatic heterocycles. The average molecular weight is 1260 g/mol. The molecule has 0 saturated carbocycles. The van der Waals surface area contributed by atoms with Crippen molar-refractivity contribution >= 4 is 81.8 Å². The van der Waals surface area contributed by atoms with Crippen LogP contribution in [0.2, 0.25) is 0 Å². The van der Waals surface area contributed by atoms with Crippen molar-refractivity contribution in [1.29, 1.82) is 0 Å². The summed E-state index contributed by atoms with van der Waals surface area (Å²) in [6, 6.07) is 17.3. The minimum absolute atomic E-state index is 0.00588. The fourth-order valence-corrected chi connectivity index (χ4v) is 10.2. The lowest BCUT2D eigenvalue weighted by molar-refractivity contribution is -0.142. The maximum absolute atomic E-state index is 15.0. The van der Waals surface area contributed by atoms with Crippen molar-refractivity contribution in [2.75, 3.05) is 33.2 Å². The quantitative estimate of drug-likeness (QED) is 0.0139. The third-order valence-electron chi connectivity index (χ3n) is 15.4. The summed E-state index contributed by atoms with van der Waals surface area (Å²) in [7, 11) is 1.30. The van der Waals surface area contributed by atoms with Gasteiger partial charge in [0.05, 0.1) is 6.42 Å². The predicted octanol–water partition coefficient (Wildman–Crippen LogP) is -1.67. The highest BCUT2D eigenvalue weighted by Gasteiger charge is 2.37. The number of carbonyl (C=O) groups is 10. The van der Waals surface area contributed by atoms with E-state index in [9.17, 15) is 48.3 Å². The Balaban J connectivity index is 1.44. The molecule has 0 radical (unpaired) electrons. The molecule has 1 fully saturated rings. The Labute approximate surface area is 529 Å². The van der Waals surface area contributed by atoms with E-state index in [-0.39, 0.29) is 99.9 Å². The molecule has 5 rings (SSSR count). The van der Waals surface area contributed by atoms with E-state index in [0.717, 1.165) is 15.7 Å². The first-order chi connectivity index (χ1) is 43.3. The maximum atomic E-state index is 15.0. The fraction of sp³-hybridized carbons (Fsp3) is 0.460. The first-order valence-corrected chi connectivity index (χ1v) is 30.4. The number of rotatable bonds is 35. The average Bonchev–Trinajstić information content (AvgIpc) is 1.08. The standard InChI is InChI=1S/C63H89N17O11/c1-36(2)30-48(77-60(90)51(34-40-18-21-41-14-8-9-15-43(41)31-40)79-59(89)49(33-39-19-22-44(81)23-20-39)76-55(85)42-24-28-70-29-25-42)57(87)78-50(32-38-12-6-5-7-13-38)58(88)74-46(17-11-27-72-63(68)69)61(91)80(4)37(3)54(84)73-45(16-10-26-71-62(66)67)56(86)75-47(53(65)83)35-52(64)82/h5-9,12-15,18-23,31,36-37,42,45-51,70,81H,10-11,16-17,24-30,32-35H2,1-4H3,(H2,64,82)(H2,65,83)(H,73,84)(H,74,88)(H,75,86)(H,76,85)(H,77,90)(H,78,87)(H,79,89)(H4,66,67,71)(H4,68,69,72)/t37-,45-,46-,47-,48-,49-,50?,51-/m0/s1. The third kappa shape index (κ3) is 24.2. The highest BCUT2D eigenvalue weighted by Crippen LogP contribution is 2.20. The second-order valence-corrected chi connectivity index (χ2v) is 23.1. The molecule has 0 bridgehead atoms. The first kappa shape index (κ1) is 71.9. The number of benzene rings is 4. The summed E-state index contributed by atoms with van der Waals surface area (Å²) in [5, 5.41) is 34.3. The summed E-state index contributed by atoms with van der Waals surface area (Å²) in [6.45, 7) is 6.33. The molecule has 492 valence electrons. The number of amides is 10. The number of guanidine groups is 2. The van der Waals surface area contributed by atoms with Crippen molar-refractivity contribution in [3.63, 3.8) is 0 Å². The molecule has 1 heterocycles. The molecule has 1 saturated heterocycles. The molecule has 0 aliphatic carbocycles. The minimum Gasteiger partial charge on any atom is -0.508 e. The smallest absolute Gasteiger partial charge is 0.245 e. The number of nitrogens with one attached hydrogen (secondary N) is 8. The van der Waals surface area contributed by atoms with E-state index in [1.165, 1.54) is 26.1 Å². The van der Waals surface area contributed by atoms with Crippen LogP contribution in [0, 0.1) is 11.8 Å². The normalized spacial score (nSPS) is 14.9. The number of aliphatic imine (C=N–C) groups is 2. The number of nitrogens with two attached hydrogens (primary N) is 6. The molecule has 4 aromatic rings. The van der Waals surface area contributed by atoms with E-state index < -0.39 is 108 Å². The number of piperidine rings is 1. The number of carbonyl (C=O) groups excluding carboxylic acids is 10. The van der Waals surface area contributed by atoms with Gasteiger partial charge in [0.1, 0.15) is 54.1 Å². The van der Waals surface area contributed by atoms with Crippen molar-refractivity contribution in [3.05, 3.63) is 114 Å². The maximum Gasteiger partial charge on any atom is 0.245 e. The Morgan fingerprint density at radius 3 is 1.53 bits per heavy atom. The molecular formula is C63H89N17O11. The van der Waals surface area contributed by atoms with E-state index >= 15 is 4.79 Å². The Hall–Kier alpha value is -9.86. The zero-order valence-electron chi connectivity index (χ0n) is 52.0. The van der Waals surface area contributed by atoms with Gasteiger partial charge in [0.2, 0.25) is 59.1 Å². The lowest BCUT2D eigenvalue weighted by atomic mass is 9.95. The SMILES string of the molecule is CC(C)C[C@H](NC(=O)[C@H](Cc1ccc2ccccc2c1)NC(=O)[C@H](Cc1ccc(O)cc1)NC(=O)C1CCNCC1)C(=O)NC(Cc1ccccc1)C(=O)N[C@@H](CCCN=C(N)N)C(=O)N(C)[C@@H](C)C(=O)N[C@@H](CCCN=C(N)N)C(=O)N[C@@H](CC(N)=O)C(N)=O. The molecule has 1 unspecified atom stereocenters. The largest absolute Gasteiger partial charge is 0.508 e. The second-order valence-electron chi connectivity index (χ2n) is 23.1. The van der Waals surface area contributed by atoms with Gasteiger partial charge in [-0.15, -0.1) is 0 Å². The molecule has 1 aliphatic heterocycles. The molecule has 0 spiro atoms. The highest BCUT2D eigenvalue weighted by molar-refractivity contribution is 5.99. The molecule has 28 nitrogen and oxygen atoms in total. The fourth-order valence-electron chi connectivity index (χ4n) is 10.2. The lowest BCUT2D eigenvalue weighted by Gasteiger charge is -2.31. The number of phenolic OH excluding ortho intramolecular Hbond substituents is 1. The van der Waals surface area contributed by atoms with Gasteiger partial charge >= 0.3 is 0 Å². The van der Waals surface area contributed by atoms with Gasteiger partial charge in [-0.25, -0.2) is 0 Å². The molecule has 10 amide bonds. The van der Waals surface area contributed by atoms with Crippen molar-refractivity contribution < 1.29 is 53.1 Å². The van der Waals surface area contributed by atoms with Crippen LogP contribution in [-0.4, -0.2) is 163 Å². The Kier molecular flexibility index (Phi) is 28.4. The Bertz CT molecular complexity index is 3210. The molecule has 28 heteroatoms. The number of fused-ring (bicyclic) bond motifs is 1. The van der Waals surface area contributed by atoms with E-state index in [2.05, 4.69) is 52.5 Å². The zero-order chi connectivity index (χ0) is 66.7. The summed E-state index contributed by atoms with van der Waals surface area (Å²) < 4.78 is 0. The number of phenols is 1. The molecule has 4 aromatic carbocycles. The Morgan fingerprint density at radius 1 is 0.527 bits per heavy atom. The molecule has 8 atom stereocenters. The van der Waals surface area contributed by atoms with E-state index in [1.807, 2.05) is 56.3 Å². The number of likely N-dealkylation sites (N-methyl/N-ethyl adjacent to an activating group) is 1. The van der Waals surface area contributed by atoms with Crippen LogP contribution in [0.15, 0.2) is 107 Å². The van der Waals surface area contributed by atoms with Gasteiger partial charge in [0.15, 0.2) is 11.9 Å². The predicted molar refractivity (Wildman–Crippen MR) is 343 cm³/mol. The molecule has 91 heavy (non-hydrogen) atoms. The van der Waals surface area contributed by atoms with Crippen LogP contribution in [-0.2, 0) is 67.2 Å².